The minimum absolute atomic E-state index is 0.0103. The summed E-state index contributed by atoms with van der Waals surface area (Å²) in [6.07, 6.45) is -2.62. The van der Waals surface area contributed by atoms with Gasteiger partial charge in [0.1, 0.15) is 0 Å². The van der Waals surface area contributed by atoms with E-state index in [9.17, 15) is 19.2 Å². The van der Waals surface area contributed by atoms with Crippen LogP contribution in [0.5, 0.6) is 0 Å². The Morgan fingerprint density at radius 1 is 1.00 bits per heavy atom. The summed E-state index contributed by atoms with van der Waals surface area (Å²) in [5, 5.41) is 35.8. The van der Waals surface area contributed by atoms with E-state index in [0.29, 0.717) is 17.7 Å². The van der Waals surface area contributed by atoms with E-state index < -0.39 is 24.1 Å². The number of fused-ring (bicyclic) bond motifs is 1. The number of hydrogen-bond donors (Lipinski definition) is 5. The number of piperidine rings is 1. The van der Waals surface area contributed by atoms with Crippen LogP contribution in [0, 0.1) is 0 Å². The largest absolute Gasteiger partial charge is 0.479 e. The molecule has 5 N–H and O–H groups in total. The molecule has 0 aliphatic carbocycles. The van der Waals surface area contributed by atoms with Gasteiger partial charge in [-0.2, -0.15) is 0 Å². The molecule has 10 nitrogen and oxygen atoms in total. The number of carboxylic acids is 2. The van der Waals surface area contributed by atoms with Gasteiger partial charge < -0.3 is 25.7 Å². The average molecular weight is 380 g/mol. The number of benzene rings is 1. The second kappa shape index (κ2) is 8.71. The Bertz CT molecular complexity index is 691. The Labute approximate surface area is 154 Å². The Kier molecular flexibility index (Phi) is 6.61. The van der Waals surface area contributed by atoms with Crippen LogP contribution in [0.15, 0.2) is 24.3 Å². The molecule has 0 radical (unpaired) electrons. The van der Waals surface area contributed by atoms with Gasteiger partial charge in [-0.1, -0.05) is 12.1 Å². The van der Waals surface area contributed by atoms with E-state index in [2.05, 4.69) is 5.32 Å². The molecule has 10 heteroatoms. The first-order chi connectivity index (χ1) is 12.8. The SMILES string of the molecule is O=C(O)[C@@H](O)[C@H](O)C(=O)O.O=C1c2ccccc2C(=O)N1C1CCCNC1. The number of carboxylic acid groups (broad SMARTS) is 2. The number of nitrogens with one attached hydrogen (secondary N) is 1. The number of aliphatic hydroxyl groups excluding tert-OH is 2. The third-order valence-electron chi connectivity index (χ3n) is 4.27. The van der Waals surface area contributed by atoms with Gasteiger partial charge in [-0.15, -0.1) is 0 Å². The third kappa shape index (κ3) is 4.48. The Morgan fingerprint density at radius 3 is 1.85 bits per heavy atom. The summed E-state index contributed by atoms with van der Waals surface area (Å²) in [7, 11) is 0. The van der Waals surface area contributed by atoms with Crippen LogP contribution in [-0.4, -0.2) is 80.4 Å². The number of imide groups is 1. The van der Waals surface area contributed by atoms with Crippen LogP contribution in [0.1, 0.15) is 33.6 Å². The summed E-state index contributed by atoms with van der Waals surface area (Å²) in [5.41, 5.74) is 1.09. The molecule has 2 aliphatic heterocycles. The van der Waals surface area contributed by atoms with Crippen molar-refractivity contribution in [2.45, 2.75) is 31.1 Å². The number of aliphatic hydroxyl groups is 2. The van der Waals surface area contributed by atoms with Crippen molar-refractivity contribution in [1.82, 2.24) is 10.2 Å². The van der Waals surface area contributed by atoms with Gasteiger partial charge >= 0.3 is 11.9 Å². The topological polar surface area (TPSA) is 164 Å². The second-order valence-electron chi connectivity index (χ2n) is 6.09. The standard InChI is InChI=1S/C13H14N2O2.C4H6O6/c16-12-10-5-1-2-6-11(10)13(17)15(12)9-4-3-7-14-8-9;5-1(3(7)8)2(6)4(9)10/h1-2,5-6,9,14H,3-4,7-8H2;1-2,5-6H,(H,7,8)(H,9,10)/t;1-,2-/m.0/s1. The number of carbonyl (C=O) groups excluding carboxylic acids is 2. The van der Waals surface area contributed by atoms with E-state index in [0.717, 1.165) is 19.4 Å². The molecule has 2 heterocycles. The monoisotopic (exact) mass is 380 g/mol. The summed E-state index contributed by atoms with van der Waals surface area (Å²) >= 11 is 0. The van der Waals surface area contributed by atoms with Gasteiger partial charge in [0.05, 0.1) is 17.2 Å². The Morgan fingerprint density at radius 2 is 1.48 bits per heavy atom. The first-order valence-electron chi connectivity index (χ1n) is 8.25. The summed E-state index contributed by atoms with van der Waals surface area (Å²) in [6, 6.07) is 7.06. The van der Waals surface area contributed by atoms with E-state index in [1.54, 1.807) is 24.3 Å². The quantitative estimate of drug-likeness (QED) is 0.408. The summed E-state index contributed by atoms with van der Waals surface area (Å²) in [6.45, 7) is 1.69. The molecule has 1 unspecified atom stereocenters. The van der Waals surface area contributed by atoms with Crippen LogP contribution >= 0.6 is 0 Å². The van der Waals surface area contributed by atoms with E-state index in [4.69, 9.17) is 20.4 Å². The molecule has 1 aromatic rings. The van der Waals surface area contributed by atoms with Gasteiger partial charge in [0.15, 0.2) is 12.2 Å². The molecule has 0 saturated carbocycles. The molecule has 27 heavy (non-hydrogen) atoms. The molecular weight excluding hydrogens is 360 g/mol. The number of nitrogens with zero attached hydrogens (tertiary/aromatic N) is 1. The molecule has 2 amide bonds. The minimum Gasteiger partial charge on any atom is -0.479 e. The van der Waals surface area contributed by atoms with Gasteiger partial charge in [-0.25, -0.2) is 9.59 Å². The van der Waals surface area contributed by atoms with Crippen LogP contribution in [0.3, 0.4) is 0 Å². The highest BCUT2D eigenvalue weighted by molar-refractivity contribution is 6.21. The fourth-order valence-electron chi connectivity index (χ4n) is 2.86. The van der Waals surface area contributed by atoms with Crippen LogP contribution in [-0.2, 0) is 9.59 Å². The zero-order valence-electron chi connectivity index (χ0n) is 14.2. The molecule has 1 fully saturated rings. The third-order valence-corrected chi connectivity index (χ3v) is 4.27. The summed E-state index contributed by atoms with van der Waals surface area (Å²) in [4.78, 5) is 45.3. The van der Waals surface area contributed by atoms with Crippen LogP contribution in [0.4, 0.5) is 0 Å². The van der Waals surface area contributed by atoms with Gasteiger partial charge in [0, 0.05) is 6.54 Å². The molecule has 1 saturated heterocycles. The fraction of sp³-hybridized carbons (Fsp3) is 0.412. The van der Waals surface area contributed by atoms with Crippen LogP contribution in [0.2, 0.25) is 0 Å². The van der Waals surface area contributed by atoms with Crippen molar-refractivity contribution in [3.8, 4) is 0 Å². The molecule has 3 rings (SSSR count). The van der Waals surface area contributed by atoms with Gasteiger partial charge in [-0.05, 0) is 31.5 Å². The molecule has 146 valence electrons. The van der Waals surface area contributed by atoms with E-state index in [1.165, 1.54) is 4.90 Å². The van der Waals surface area contributed by atoms with Crippen molar-refractivity contribution in [2.75, 3.05) is 13.1 Å². The predicted molar refractivity (Wildman–Crippen MR) is 90.1 cm³/mol. The highest BCUT2D eigenvalue weighted by atomic mass is 16.4. The average Bonchev–Trinajstić information content (AvgIpc) is 2.92. The zero-order valence-corrected chi connectivity index (χ0v) is 14.2. The van der Waals surface area contributed by atoms with E-state index >= 15 is 0 Å². The highest BCUT2D eigenvalue weighted by Crippen LogP contribution is 2.26. The molecule has 0 spiro atoms. The molecule has 0 aromatic heterocycles. The van der Waals surface area contributed by atoms with Crippen molar-refractivity contribution in [2.24, 2.45) is 0 Å². The smallest absolute Gasteiger partial charge is 0.335 e. The van der Waals surface area contributed by atoms with Crippen molar-refractivity contribution in [3.63, 3.8) is 0 Å². The zero-order chi connectivity index (χ0) is 20.1. The molecule has 3 atom stereocenters. The molecule has 1 aromatic carbocycles. The maximum atomic E-state index is 12.2. The number of rotatable bonds is 4. The number of amides is 2. The minimum atomic E-state index is -2.27. The summed E-state index contributed by atoms with van der Waals surface area (Å²) < 4.78 is 0. The van der Waals surface area contributed by atoms with Crippen molar-refractivity contribution >= 4 is 23.8 Å². The molecule has 0 bridgehead atoms. The maximum absolute atomic E-state index is 12.2. The normalized spacial score (nSPS) is 21.0. The lowest BCUT2D eigenvalue weighted by Crippen LogP contribution is -2.48. The van der Waals surface area contributed by atoms with Crippen molar-refractivity contribution in [3.05, 3.63) is 35.4 Å². The van der Waals surface area contributed by atoms with Gasteiger partial charge in [0.2, 0.25) is 0 Å². The number of hydrogen-bond acceptors (Lipinski definition) is 7. The second-order valence-corrected chi connectivity index (χ2v) is 6.09. The Balaban J connectivity index is 0.000000227. The molecule has 2 aliphatic rings. The van der Waals surface area contributed by atoms with Gasteiger partial charge in [-0.3, -0.25) is 14.5 Å². The molecular formula is C17H20N2O8. The van der Waals surface area contributed by atoms with Crippen LogP contribution in [0.25, 0.3) is 0 Å². The number of carbonyl (C=O) groups is 4. The van der Waals surface area contributed by atoms with Crippen molar-refractivity contribution < 1.29 is 39.6 Å². The summed E-state index contributed by atoms with van der Waals surface area (Å²) in [5.74, 6) is -3.82. The highest BCUT2D eigenvalue weighted by Gasteiger charge is 2.39. The fourth-order valence-corrected chi connectivity index (χ4v) is 2.86. The predicted octanol–water partition coefficient (Wildman–Crippen LogP) is -1.09. The Hall–Kier alpha value is -2.82. The lowest BCUT2D eigenvalue weighted by molar-refractivity contribution is -0.165. The number of aliphatic carboxylic acids is 2. The van der Waals surface area contributed by atoms with Crippen molar-refractivity contribution in [1.29, 1.82) is 0 Å². The lowest BCUT2D eigenvalue weighted by atomic mass is 10.1. The maximum Gasteiger partial charge on any atom is 0.335 e. The first kappa shape index (κ1) is 20.5. The lowest BCUT2D eigenvalue weighted by Gasteiger charge is -2.29. The van der Waals surface area contributed by atoms with Crippen LogP contribution < -0.4 is 5.32 Å². The van der Waals surface area contributed by atoms with E-state index in [-0.39, 0.29) is 17.9 Å². The van der Waals surface area contributed by atoms with E-state index in [1.807, 2.05) is 0 Å². The van der Waals surface area contributed by atoms with Gasteiger partial charge in [0.25, 0.3) is 11.8 Å². The first-order valence-corrected chi connectivity index (χ1v) is 8.25.